The molecular formula is C13H13N5O3S. The monoisotopic (exact) mass is 319 g/mol. The van der Waals surface area contributed by atoms with Gasteiger partial charge in [-0.15, -0.1) is 10.2 Å². The molecule has 0 atom stereocenters. The SMILES string of the molecule is Cc1nnc2cc(C(=O)NCCN3C(=O)CSC3=O)ccn12. The van der Waals surface area contributed by atoms with Gasteiger partial charge in [-0.3, -0.25) is 23.7 Å². The highest BCUT2D eigenvalue weighted by atomic mass is 32.2. The van der Waals surface area contributed by atoms with E-state index in [4.69, 9.17) is 0 Å². The van der Waals surface area contributed by atoms with Crippen LogP contribution in [0.1, 0.15) is 16.2 Å². The van der Waals surface area contributed by atoms with Crippen LogP contribution in [0.2, 0.25) is 0 Å². The van der Waals surface area contributed by atoms with Gasteiger partial charge in [0.1, 0.15) is 5.82 Å². The largest absolute Gasteiger partial charge is 0.350 e. The lowest BCUT2D eigenvalue weighted by molar-refractivity contribution is -0.124. The first-order valence-corrected chi connectivity index (χ1v) is 7.61. The number of aromatic nitrogens is 3. The second-order valence-corrected chi connectivity index (χ2v) is 5.67. The number of thioether (sulfide) groups is 1. The van der Waals surface area contributed by atoms with E-state index in [1.165, 1.54) is 0 Å². The van der Waals surface area contributed by atoms with Crippen molar-refractivity contribution in [1.29, 1.82) is 0 Å². The lowest BCUT2D eigenvalue weighted by Gasteiger charge is -2.13. The van der Waals surface area contributed by atoms with Crippen LogP contribution in [0, 0.1) is 6.92 Å². The van der Waals surface area contributed by atoms with E-state index in [-0.39, 0.29) is 35.9 Å². The molecule has 114 valence electrons. The maximum Gasteiger partial charge on any atom is 0.288 e. The molecule has 0 saturated carbocycles. The Morgan fingerprint density at radius 2 is 2.23 bits per heavy atom. The van der Waals surface area contributed by atoms with Crippen LogP contribution in [0.4, 0.5) is 4.79 Å². The van der Waals surface area contributed by atoms with Crippen LogP contribution in [0.25, 0.3) is 5.65 Å². The number of pyridine rings is 1. The summed E-state index contributed by atoms with van der Waals surface area (Å²) in [7, 11) is 0. The Labute approximate surface area is 129 Å². The molecule has 1 fully saturated rings. The van der Waals surface area contributed by atoms with Gasteiger partial charge >= 0.3 is 0 Å². The maximum atomic E-state index is 12.1. The third-order valence-corrected chi connectivity index (χ3v) is 4.16. The van der Waals surface area contributed by atoms with Crippen molar-refractivity contribution in [3.05, 3.63) is 29.7 Å². The Kier molecular flexibility index (Phi) is 3.80. The van der Waals surface area contributed by atoms with E-state index in [0.29, 0.717) is 11.2 Å². The highest BCUT2D eigenvalue weighted by Crippen LogP contribution is 2.17. The number of nitrogens with zero attached hydrogens (tertiary/aromatic N) is 4. The fourth-order valence-electron chi connectivity index (χ4n) is 2.13. The number of carbonyl (C=O) groups is 3. The molecule has 0 aliphatic carbocycles. The first-order chi connectivity index (χ1) is 10.6. The minimum Gasteiger partial charge on any atom is -0.350 e. The Hall–Kier alpha value is -2.42. The lowest BCUT2D eigenvalue weighted by Crippen LogP contribution is -2.37. The van der Waals surface area contributed by atoms with Crippen LogP contribution in [0.3, 0.4) is 0 Å². The standard InChI is InChI=1S/C13H13N5O3S/c1-8-15-16-10-6-9(2-4-17(8)10)12(20)14-3-5-18-11(19)7-22-13(18)21/h2,4,6H,3,5,7H2,1H3,(H,14,20). The smallest absolute Gasteiger partial charge is 0.288 e. The fraction of sp³-hybridized carbons (Fsp3) is 0.308. The molecule has 9 heteroatoms. The second-order valence-electron chi connectivity index (χ2n) is 4.75. The molecule has 3 amide bonds. The Balaban J connectivity index is 1.61. The van der Waals surface area contributed by atoms with Crippen LogP contribution in [0.5, 0.6) is 0 Å². The second kappa shape index (κ2) is 5.76. The first kappa shape index (κ1) is 14.5. The van der Waals surface area contributed by atoms with E-state index >= 15 is 0 Å². The summed E-state index contributed by atoms with van der Waals surface area (Å²) in [6.07, 6.45) is 1.73. The number of fused-ring (bicyclic) bond motifs is 1. The topological polar surface area (TPSA) is 96.7 Å². The van der Waals surface area contributed by atoms with Crippen molar-refractivity contribution in [2.75, 3.05) is 18.8 Å². The summed E-state index contributed by atoms with van der Waals surface area (Å²) in [6.45, 7) is 2.22. The maximum absolute atomic E-state index is 12.1. The summed E-state index contributed by atoms with van der Waals surface area (Å²) in [4.78, 5) is 36.1. The summed E-state index contributed by atoms with van der Waals surface area (Å²) >= 11 is 0.979. The normalized spacial score (nSPS) is 14.9. The molecule has 1 aliphatic rings. The van der Waals surface area contributed by atoms with Crippen molar-refractivity contribution in [2.24, 2.45) is 0 Å². The Morgan fingerprint density at radius 3 is 2.95 bits per heavy atom. The predicted molar refractivity (Wildman–Crippen MR) is 79.6 cm³/mol. The average molecular weight is 319 g/mol. The van der Waals surface area contributed by atoms with Gasteiger partial charge in [-0.05, 0) is 19.1 Å². The van der Waals surface area contributed by atoms with Gasteiger partial charge in [0.25, 0.3) is 11.1 Å². The number of aryl methyl sites for hydroxylation is 1. The molecule has 1 N–H and O–H groups in total. The number of hydrogen-bond acceptors (Lipinski definition) is 6. The number of nitrogens with one attached hydrogen (secondary N) is 1. The molecule has 0 aromatic carbocycles. The third-order valence-electron chi connectivity index (χ3n) is 3.30. The fourth-order valence-corrected chi connectivity index (χ4v) is 2.88. The molecule has 0 spiro atoms. The van der Waals surface area contributed by atoms with Crippen molar-refractivity contribution in [2.45, 2.75) is 6.92 Å². The van der Waals surface area contributed by atoms with Crippen molar-refractivity contribution in [1.82, 2.24) is 24.8 Å². The van der Waals surface area contributed by atoms with Crippen LogP contribution in [-0.2, 0) is 4.79 Å². The molecule has 22 heavy (non-hydrogen) atoms. The summed E-state index contributed by atoms with van der Waals surface area (Å²) in [6, 6.07) is 3.30. The van der Waals surface area contributed by atoms with Gasteiger partial charge < -0.3 is 5.32 Å². The Bertz CT molecular complexity index is 756. The van der Waals surface area contributed by atoms with E-state index in [9.17, 15) is 14.4 Å². The van der Waals surface area contributed by atoms with Gasteiger partial charge in [-0.2, -0.15) is 0 Å². The summed E-state index contributed by atoms with van der Waals surface area (Å²) in [5.41, 5.74) is 1.04. The third kappa shape index (κ3) is 2.67. The van der Waals surface area contributed by atoms with Crippen molar-refractivity contribution < 1.29 is 14.4 Å². The molecule has 1 saturated heterocycles. The van der Waals surface area contributed by atoms with Crippen molar-refractivity contribution in [3.63, 3.8) is 0 Å². The van der Waals surface area contributed by atoms with Gasteiger partial charge in [0.15, 0.2) is 5.65 Å². The van der Waals surface area contributed by atoms with E-state index in [1.807, 2.05) is 6.92 Å². The lowest BCUT2D eigenvalue weighted by atomic mass is 10.2. The number of hydrogen-bond donors (Lipinski definition) is 1. The zero-order valence-electron chi connectivity index (χ0n) is 11.8. The van der Waals surface area contributed by atoms with E-state index in [0.717, 1.165) is 22.5 Å². The van der Waals surface area contributed by atoms with Gasteiger partial charge in [0, 0.05) is 24.8 Å². The predicted octanol–water partition coefficient (Wildman–Crippen LogP) is 0.463. The molecule has 0 bridgehead atoms. The zero-order chi connectivity index (χ0) is 15.7. The van der Waals surface area contributed by atoms with Gasteiger partial charge in [0.05, 0.1) is 5.75 Å². The van der Waals surface area contributed by atoms with Crippen LogP contribution in [-0.4, -0.2) is 55.4 Å². The highest BCUT2D eigenvalue weighted by molar-refractivity contribution is 8.14. The molecule has 2 aromatic heterocycles. The molecular weight excluding hydrogens is 306 g/mol. The Morgan fingerprint density at radius 1 is 1.41 bits per heavy atom. The zero-order valence-corrected chi connectivity index (χ0v) is 12.6. The average Bonchev–Trinajstić information content (AvgIpc) is 3.03. The molecule has 0 radical (unpaired) electrons. The summed E-state index contributed by atoms with van der Waals surface area (Å²) in [5, 5.41) is 10.3. The molecule has 0 unspecified atom stereocenters. The summed E-state index contributed by atoms with van der Waals surface area (Å²) in [5.74, 6) is 0.417. The number of amides is 3. The quantitative estimate of drug-likeness (QED) is 0.879. The van der Waals surface area contributed by atoms with Gasteiger partial charge in [-0.25, -0.2) is 0 Å². The van der Waals surface area contributed by atoms with Gasteiger partial charge in [0.2, 0.25) is 5.91 Å². The van der Waals surface area contributed by atoms with Crippen LogP contribution >= 0.6 is 11.8 Å². The van der Waals surface area contributed by atoms with Crippen molar-refractivity contribution >= 4 is 34.5 Å². The van der Waals surface area contributed by atoms with Crippen molar-refractivity contribution in [3.8, 4) is 0 Å². The van der Waals surface area contributed by atoms with E-state index in [2.05, 4.69) is 15.5 Å². The molecule has 1 aliphatic heterocycles. The first-order valence-electron chi connectivity index (χ1n) is 6.63. The van der Waals surface area contributed by atoms with Gasteiger partial charge in [-0.1, -0.05) is 11.8 Å². The van der Waals surface area contributed by atoms with Crippen LogP contribution < -0.4 is 5.32 Å². The number of rotatable bonds is 4. The molecule has 3 rings (SSSR count). The number of carbonyl (C=O) groups excluding carboxylic acids is 3. The molecule has 8 nitrogen and oxygen atoms in total. The highest BCUT2D eigenvalue weighted by Gasteiger charge is 2.29. The van der Waals surface area contributed by atoms with E-state index in [1.54, 1.807) is 22.7 Å². The number of imide groups is 1. The van der Waals surface area contributed by atoms with E-state index < -0.39 is 0 Å². The molecule has 2 aromatic rings. The minimum atomic E-state index is -0.282. The summed E-state index contributed by atoms with van der Waals surface area (Å²) < 4.78 is 1.77. The molecule has 3 heterocycles. The van der Waals surface area contributed by atoms with Crippen LogP contribution in [0.15, 0.2) is 18.3 Å². The minimum absolute atomic E-state index is 0.176.